The molecule has 0 radical (unpaired) electrons. The Bertz CT molecular complexity index is 456. The van der Waals surface area contributed by atoms with Crippen LogP contribution in [0.3, 0.4) is 0 Å². The van der Waals surface area contributed by atoms with Crippen LogP contribution in [0.1, 0.15) is 4.88 Å². The predicted octanol–water partition coefficient (Wildman–Crippen LogP) is 4.30. The van der Waals surface area contributed by atoms with Crippen LogP contribution in [0.25, 0.3) is 0 Å². The summed E-state index contributed by atoms with van der Waals surface area (Å²) in [6.45, 7) is 0.808. The minimum Gasteiger partial charge on any atom is -0.384 e. The van der Waals surface area contributed by atoms with Gasteiger partial charge in [0.2, 0.25) is 0 Å². The molecule has 1 N–H and O–H groups in total. The molecular formula is C12H11BrFNS. The van der Waals surface area contributed by atoms with E-state index >= 15 is 0 Å². The lowest BCUT2D eigenvalue weighted by atomic mass is 10.3. The molecule has 0 aliphatic carbocycles. The van der Waals surface area contributed by atoms with Gasteiger partial charge in [-0.25, -0.2) is 4.39 Å². The van der Waals surface area contributed by atoms with E-state index in [9.17, 15) is 4.39 Å². The summed E-state index contributed by atoms with van der Waals surface area (Å²) in [7, 11) is 0. The largest absolute Gasteiger partial charge is 0.384 e. The standard InChI is InChI=1S/C12H11BrFNS/c13-11-4-3-9(14)8-12(11)15-6-5-10-2-1-7-16-10/h1-4,7-8,15H,5-6H2. The van der Waals surface area contributed by atoms with Crippen LogP contribution in [0.15, 0.2) is 40.2 Å². The Hall–Kier alpha value is -0.870. The quantitative estimate of drug-likeness (QED) is 0.887. The van der Waals surface area contributed by atoms with Crippen LogP contribution >= 0.6 is 27.3 Å². The zero-order valence-electron chi connectivity index (χ0n) is 8.54. The van der Waals surface area contributed by atoms with E-state index in [1.165, 1.54) is 17.0 Å². The SMILES string of the molecule is Fc1ccc(Br)c(NCCc2cccs2)c1. The van der Waals surface area contributed by atoms with E-state index in [2.05, 4.69) is 32.7 Å². The molecule has 4 heteroatoms. The second kappa shape index (κ2) is 5.46. The summed E-state index contributed by atoms with van der Waals surface area (Å²) < 4.78 is 13.9. The Labute approximate surface area is 106 Å². The summed E-state index contributed by atoms with van der Waals surface area (Å²) in [6, 6.07) is 8.79. The molecule has 16 heavy (non-hydrogen) atoms. The van der Waals surface area contributed by atoms with Gasteiger partial charge in [0.15, 0.2) is 0 Å². The number of thiophene rings is 1. The van der Waals surface area contributed by atoms with Crippen LogP contribution < -0.4 is 5.32 Å². The van der Waals surface area contributed by atoms with Gasteiger partial charge in [0.05, 0.1) is 5.69 Å². The average molecular weight is 300 g/mol. The molecule has 1 aromatic heterocycles. The van der Waals surface area contributed by atoms with Crippen LogP contribution in [0, 0.1) is 5.82 Å². The highest BCUT2D eigenvalue weighted by Gasteiger charge is 2.01. The smallest absolute Gasteiger partial charge is 0.125 e. The van der Waals surface area contributed by atoms with E-state index in [-0.39, 0.29) is 5.82 Å². The summed E-state index contributed by atoms with van der Waals surface area (Å²) in [4.78, 5) is 1.33. The third-order valence-corrected chi connectivity index (χ3v) is 3.82. The Morgan fingerprint density at radius 2 is 2.19 bits per heavy atom. The van der Waals surface area contributed by atoms with Crippen molar-refractivity contribution in [2.24, 2.45) is 0 Å². The Balaban J connectivity index is 1.92. The van der Waals surface area contributed by atoms with Crippen LogP contribution in [0.4, 0.5) is 10.1 Å². The maximum absolute atomic E-state index is 13.0. The number of benzene rings is 1. The molecule has 1 heterocycles. The normalized spacial score (nSPS) is 10.4. The Morgan fingerprint density at radius 3 is 2.94 bits per heavy atom. The fourth-order valence-electron chi connectivity index (χ4n) is 1.41. The highest BCUT2D eigenvalue weighted by Crippen LogP contribution is 2.23. The number of halogens is 2. The van der Waals surface area contributed by atoms with Gasteiger partial charge in [-0.1, -0.05) is 6.07 Å². The van der Waals surface area contributed by atoms with Crippen molar-refractivity contribution in [1.82, 2.24) is 0 Å². The summed E-state index contributed by atoms with van der Waals surface area (Å²) in [5.74, 6) is -0.221. The molecule has 0 fully saturated rings. The van der Waals surface area contributed by atoms with Gasteiger partial charge in [0, 0.05) is 15.9 Å². The van der Waals surface area contributed by atoms with E-state index in [4.69, 9.17) is 0 Å². The molecule has 1 nitrogen and oxygen atoms in total. The van der Waals surface area contributed by atoms with Crippen LogP contribution in [0.5, 0.6) is 0 Å². The first-order valence-electron chi connectivity index (χ1n) is 4.97. The monoisotopic (exact) mass is 299 g/mol. The molecule has 0 amide bonds. The van der Waals surface area contributed by atoms with E-state index in [1.807, 2.05) is 6.07 Å². The molecule has 1 aromatic carbocycles. The minimum atomic E-state index is -0.221. The lowest BCUT2D eigenvalue weighted by Crippen LogP contribution is -2.04. The molecule has 0 unspecified atom stereocenters. The van der Waals surface area contributed by atoms with Gasteiger partial charge < -0.3 is 5.32 Å². The third kappa shape index (κ3) is 3.06. The summed E-state index contributed by atoms with van der Waals surface area (Å²) >= 11 is 5.12. The van der Waals surface area contributed by atoms with Crippen LogP contribution in [-0.2, 0) is 6.42 Å². The maximum Gasteiger partial charge on any atom is 0.125 e. The minimum absolute atomic E-state index is 0.221. The van der Waals surface area contributed by atoms with Gasteiger partial charge in [-0.3, -0.25) is 0 Å². The van der Waals surface area contributed by atoms with Crippen molar-refractivity contribution in [3.63, 3.8) is 0 Å². The second-order valence-electron chi connectivity index (χ2n) is 3.38. The van der Waals surface area contributed by atoms with E-state index in [0.717, 1.165) is 23.1 Å². The number of rotatable bonds is 4. The van der Waals surface area contributed by atoms with Crippen LogP contribution in [0.2, 0.25) is 0 Å². The lowest BCUT2D eigenvalue weighted by molar-refractivity contribution is 0.628. The van der Waals surface area contributed by atoms with Crippen molar-refractivity contribution in [1.29, 1.82) is 0 Å². The zero-order valence-corrected chi connectivity index (χ0v) is 10.9. The second-order valence-corrected chi connectivity index (χ2v) is 5.27. The Morgan fingerprint density at radius 1 is 1.31 bits per heavy atom. The summed E-state index contributed by atoms with van der Waals surface area (Å²) in [5, 5.41) is 5.27. The van der Waals surface area contributed by atoms with Crippen molar-refractivity contribution in [3.05, 3.63) is 50.9 Å². The molecule has 2 rings (SSSR count). The molecule has 0 saturated heterocycles. The van der Waals surface area contributed by atoms with Gasteiger partial charge in [-0.05, 0) is 52.0 Å². The first-order valence-corrected chi connectivity index (χ1v) is 6.64. The fourth-order valence-corrected chi connectivity index (χ4v) is 2.50. The van der Waals surface area contributed by atoms with Gasteiger partial charge in [-0.2, -0.15) is 0 Å². The van der Waals surface area contributed by atoms with Gasteiger partial charge in [0.1, 0.15) is 5.82 Å². The Kier molecular flexibility index (Phi) is 3.96. The summed E-state index contributed by atoms with van der Waals surface area (Å²) in [5.41, 5.74) is 0.802. The highest BCUT2D eigenvalue weighted by molar-refractivity contribution is 9.10. The first-order chi connectivity index (χ1) is 7.75. The van der Waals surface area contributed by atoms with Crippen molar-refractivity contribution in [2.45, 2.75) is 6.42 Å². The molecule has 0 spiro atoms. The molecule has 0 bridgehead atoms. The predicted molar refractivity (Wildman–Crippen MR) is 70.6 cm³/mol. The third-order valence-electron chi connectivity index (χ3n) is 2.20. The van der Waals surface area contributed by atoms with Crippen molar-refractivity contribution in [2.75, 3.05) is 11.9 Å². The van der Waals surface area contributed by atoms with E-state index in [0.29, 0.717) is 0 Å². The van der Waals surface area contributed by atoms with Gasteiger partial charge in [0.25, 0.3) is 0 Å². The maximum atomic E-state index is 13.0. The number of anilines is 1. The zero-order chi connectivity index (χ0) is 11.4. The van der Waals surface area contributed by atoms with E-state index < -0.39 is 0 Å². The van der Waals surface area contributed by atoms with Gasteiger partial charge >= 0.3 is 0 Å². The first kappa shape index (κ1) is 11.6. The fraction of sp³-hybridized carbons (Fsp3) is 0.167. The van der Waals surface area contributed by atoms with Crippen LogP contribution in [-0.4, -0.2) is 6.54 Å². The molecule has 0 aliphatic heterocycles. The van der Waals surface area contributed by atoms with Crippen molar-refractivity contribution >= 4 is 33.0 Å². The lowest BCUT2D eigenvalue weighted by Gasteiger charge is -2.07. The number of hydrogen-bond acceptors (Lipinski definition) is 2. The molecule has 0 aliphatic rings. The number of hydrogen-bond donors (Lipinski definition) is 1. The average Bonchev–Trinajstić information content (AvgIpc) is 2.76. The molecule has 0 atom stereocenters. The van der Waals surface area contributed by atoms with Crippen molar-refractivity contribution in [3.8, 4) is 0 Å². The van der Waals surface area contributed by atoms with Crippen molar-refractivity contribution < 1.29 is 4.39 Å². The van der Waals surface area contributed by atoms with Gasteiger partial charge in [-0.15, -0.1) is 11.3 Å². The molecule has 0 saturated carbocycles. The molecular weight excluding hydrogens is 289 g/mol. The highest BCUT2D eigenvalue weighted by atomic mass is 79.9. The summed E-state index contributed by atoms with van der Waals surface area (Å²) in [6.07, 6.45) is 0.959. The topological polar surface area (TPSA) is 12.0 Å². The molecule has 2 aromatic rings. The van der Waals surface area contributed by atoms with E-state index in [1.54, 1.807) is 17.4 Å². The molecule has 84 valence electrons. The number of nitrogens with one attached hydrogen (secondary N) is 1.